The maximum absolute atomic E-state index is 9.40. The Balaban J connectivity index is 1.96. The normalized spacial score (nSPS) is 23.1. The highest BCUT2D eigenvalue weighted by Crippen LogP contribution is 2.42. The van der Waals surface area contributed by atoms with E-state index in [1.54, 1.807) is 0 Å². The summed E-state index contributed by atoms with van der Waals surface area (Å²) in [5.74, 6) is 0.508. The van der Waals surface area contributed by atoms with Crippen molar-refractivity contribution in [3.05, 3.63) is 71.8 Å². The van der Waals surface area contributed by atoms with Crippen LogP contribution in [0.5, 0.6) is 0 Å². The summed E-state index contributed by atoms with van der Waals surface area (Å²) in [4.78, 5) is 2.44. The fourth-order valence-electron chi connectivity index (χ4n) is 3.59. The van der Waals surface area contributed by atoms with Crippen LogP contribution in [0.2, 0.25) is 0 Å². The van der Waals surface area contributed by atoms with Crippen LogP contribution in [0.15, 0.2) is 60.7 Å². The van der Waals surface area contributed by atoms with Crippen LogP contribution >= 0.6 is 0 Å². The Labute approximate surface area is 127 Å². The highest BCUT2D eigenvalue weighted by atomic mass is 16.3. The molecule has 0 amide bonds. The van der Waals surface area contributed by atoms with E-state index in [4.69, 9.17) is 0 Å². The second kappa shape index (κ2) is 6.88. The predicted octanol–water partition coefficient (Wildman–Crippen LogP) is 3.60. The molecular formula is C19H23NO. The van der Waals surface area contributed by atoms with Gasteiger partial charge in [-0.2, -0.15) is 0 Å². The fourth-order valence-corrected chi connectivity index (χ4v) is 3.59. The van der Waals surface area contributed by atoms with Crippen LogP contribution in [-0.2, 0) is 0 Å². The molecule has 3 rings (SSSR count). The van der Waals surface area contributed by atoms with E-state index in [1.165, 1.54) is 24.0 Å². The quantitative estimate of drug-likeness (QED) is 0.925. The van der Waals surface area contributed by atoms with Crippen LogP contribution in [-0.4, -0.2) is 29.7 Å². The van der Waals surface area contributed by atoms with Crippen molar-refractivity contribution in [2.24, 2.45) is 0 Å². The van der Waals surface area contributed by atoms with Crippen LogP contribution < -0.4 is 0 Å². The molecule has 0 bridgehead atoms. The van der Waals surface area contributed by atoms with Crippen LogP contribution in [0.4, 0.5) is 0 Å². The van der Waals surface area contributed by atoms with Gasteiger partial charge in [0.2, 0.25) is 0 Å². The molecule has 2 aromatic carbocycles. The largest absolute Gasteiger partial charge is 0.395 e. The predicted molar refractivity (Wildman–Crippen MR) is 86.3 cm³/mol. The van der Waals surface area contributed by atoms with Gasteiger partial charge < -0.3 is 5.11 Å². The summed E-state index contributed by atoms with van der Waals surface area (Å²) < 4.78 is 0. The lowest BCUT2D eigenvalue weighted by molar-refractivity contribution is 0.100. The molecule has 110 valence electrons. The topological polar surface area (TPSA) is 23.5 Å². The Bertz CT molecular complexity index is 538. The number of benzene rings is 2. The molecule has 1 aliphatic rings. The zero-order chi connectivity index (χ0) is 14.5. The van der Waals surface area contributed by atoms with E-state index >= 15 is 0 Å². The van der Waals surface area contributed by atoms with Crippen LogP contribution in [0.3, 0.4) is 0 Å². The lowest BCUT2D eigenvalue weighted by Crippen LogP contribution is -2.39. The Morgan fingerprint density at radius 2 is 1.52 bits per heavy atom. The lowest BCUT2D eigenvalue weighted by Gasteiger charge is -2.42. The zero-order valence-corrected chi connectivity index (χ0v) is 12.4. The summed E-state index contributed by atoms with van der Waals surface area (Å²) in [6.45, 7) is 2.05. The van der Waals surface area contributed by atoms with Gasteiger partial charge in [0.05, 0.1) is 6.61 Å². The molecule has 2 nitrogen and oxygen atoms in total. The number of aliphatic hydroxyl groups excluding tert-OH is 1. The minimum atomic E-state index is 0.227. The number of aliphatic hydroxyl groups is 1. The third kappa shape index (κ3) is 3.17. The first-order chi connectivity index (χ1) is 10.4. The molecule has 0 unspecified atom stereocenters. The highest BCUT2D eigenvalue weighted by molar-refractivity contribution is 5.29. The molecule has 0 radical (unpaired) electrons. The molecule has 0 spiro atoms. The van der Waals surface area contributed by atoms with E-state index in [0.717, 1.165) is 13.1 Å². The average Bonchev–Trinajstić information content (AvgIpc) is 2.56. The number of rotatable bonds is 4. The highest BCUT2D eigenvalue weighted by Gasteiger charge is 2.32. The summed E-state index contributed by atoms with van der Waals surface area (Å²) in [5, 5.41) is 9.40. The molecule has 0 aromatic heterocycles. The molecule has 1 N–H and O–H groups in total. The number of likely N-dealkylation sites (tertiary alicyclic amines) is 1. The van der Waals surface area contributed by atoms with Gasteiger partial charge in [-0.15, -0.1) is 0 Å². The summed E-state index contributed by atoms with van der Waals surface area (Å²) in [6.07, 6.45) is 2.41. The van der Waals surface area contributed by atoms with Crippen LogP contribution in [0, 0.1) is 0 Å². The van der Waals surface area contributed by atoms with Crippen molar-refractivity contribution in [1.82, 2.24) is 4.90 Å². The van der Waals surface area contributed by atoms with Gasteiger partial charge in [0.25, 0.3) is 0 Å². The van der Waals surface area contributed by atoms with Gasteiger partial charge in [0.1, 0.15) is 0 Å². The smallest absolute Gasteiger partial charge is 0.0558 e. The Morgan fingerprint density at radius 1 is 0.905 bits per heavy atom. The minimum Gasteiger partial charge on any atom is -0.395 e. The summed E-state index contributed by atoms with van der Waals surface area (Å²) in [6, 6.07) is 21.9. The molecule has 21 heavy (non-hydrogen) atoms. The molecule has 2 heteroatoms. The third-order valence-electron chi connectivity index (χ3n) is 4.49. The molecule has 1 heterocycles. The summed E-state index contributed by atoms with van der Waals surface area (Å²) in [7, 11) is 0. The third-order valence-corrected chi connectivity index (χ3v) is 4.49. The van der Waals surface area contributed by atoms with Gasteiger partial charge in [-0.25, -0.2) is 0 Å². The molecular weight excluding hydrogens is 258 g/mol. The maximum atomic E-state index is 9.40. The molecule has 2 aromatic rings. The van der Waals surface area contributed by atoms with E-state index in [1.807, 2.05) is 0 Å². The van der Waals surface area contributed by atoms with Crippen molar-refractivity contribution < 1.29 is 5.11 Å². The first kappa shape index (κ1) is 14.3. The van der Waals surface area contributed by atoms with Crippen molar-refractivity contribution in [2.75, 3.05) is 19.7 Å². The number of nitrogens with zero attached hydrogens (tertiary/aromatic N) is 1. The van der Waals surface area contributed by atoms with Crippen LogP contribution in [0.25, 0.3) is 0 Å². The monoisotopic (exact) mass is 281 g/mol. The number of hydrogen-bond acceptors (Lipinski definition) is 2. The van der Waals surface area contributed by atoms with Gasteiger partial charge >= 0.3 is 0 Å². The van der Waals surface area contributed by atoms with E-state index in [-0.39, 0.29) is 6.61 Å². The molecule has 1 saturated heterocycles. The van der Waals surface area contributed by atoms with Crippen molar-refractivity contribution in [3.8, 4) is 0 Å². The Morgan fingerprint density at radius 3 is 2.14 bits per heavy atom. The first-order valence-electron chi connectivity index (χ1n) is 7.85. The van der Waals surface area contributed by atoms with Gasteiger partial charge in [-0.05, 0) is 30.5 Å². The molecule has 1 fully saturated rings. The van der Waals surface area contributed by atoms with E-state index in [0.29, 0.717) is 12.0 Å². The molecule has 0 saturated carbocycles. The summed E-state index contributed by atoms with van der Waals surface area (Å²) >= 11 is 0. The van der Waals surface area contributed by atoms with E-state index in [2.05, 4.69) is 65.6 Å². The standard InChI is InChI=1S/C19H23NO/c21-15-14-20-13-7-12-18(16-8-3-1-4-9-16)19(20)17-10-5-2-6-11-17/h1-6,8-11,18-19,21H,7,12-15H2/t18-,19-/m0/s1. The number of β-amino-alcohol motifs (C(OH)–C–C–N with tert-alkyl or cyclic N) is 1. The zero-order valence-electron chi connectivity index (χ0n) is 12.4. The second-order valence-electron chi connectivity index (χ2n) is 5.77. The number of hydrogen-bond donors (Lipinski definition) is 1. The lowest BCUT2D eigenvalue weighted by atomic mass is 9.80. The maximum Gasteiger partial charge on any atom is 0.0558 e. The molecule has 1 aliphatic heterocycles. The minimum absolute atomic E-state index is 0.227. The first-order valence-corrected chi connectivity index (χ1v) is 7.85. The Hall–Kier alpha value is -1.64. The van der Waals surface area contributed by atoms with Crippen molar-refractivity contribution in [1.29, 1.82) is 0 Å². The summed E-state index contributed by atoms with van der Waals surface area (Å²) in [5.41, 5.74) is 2.77. The molecule has 2 atom stereocenters. The van der Waals surface area contributed by atoms with Gasteiger partial charge in [0.15, 0.2) is 0 Å². The molecule has 0 aliphatic carbocycles. The van der Waals surface area contributed by atoms with E-state index < -0.39 is 0 Å². The van der Waals surface area contributed by atoms with Crippen molar-refractivity contribution in [2.45, 2.75) is 24.8 Å². The fraction of sp³-hybridized carbons (Fsp3) is 0.368. The van der Waals surface area contributed by atoms with Crippen LogP contribution in [0.1, 0.15) is 35.9 Å². The average molecular weight is 281 g/mol. The van der Waals surface area contributed by atoms with Crippen molar-refractivity contribution in [3.63, 3.8) is 0 Å². The van der Waals surface area contributed by atoms with Gasteiger partial charge in [0, 0.05) is 18.5 Å². The van der Waals surface area contributed by atoms with Gasteiger partial charge in [-0.1, -0.05) is 60.7 Å². The van der Waals surface area contributed by atoms with E-state index in [9.17, 15) is 5.11 Å². The van der Waals surface area contributed by atoms with Gasteiger partial charge in [-0.3, -0.25) is 4.90 Å². The SMILES string of the molecule is OCCN1CCC[C@@H](c2ccccc2)[C@@H]1c1ccccc1. The second-order valence-corrected chi connectivity index (χ2v) is 5.77. The van der Waals surface area contributed by atoms with Crippen molar-refractivity contribution >= 4 is 0 Å². The number of piperidine rings is 1. The Kier molecular flexibility index (Phi) is 4.69.